The standard InChI is InChI=1S/C9H8Cl2O/c1-6-2-3-7(4-8(6)11)9(12)5-10/h2-4H,5H2,1H3. The molecule has 0 aromatic heterocycles. The molecule has 0 fully saturated rings. The van der Waals surface area contributed by atoms with Crippen LogP contribution in [0.4, 0.5) is 0 Å². The number of alkyl halides is 1. The molecule has 0 N–H and O–H groups in total. The number of benzene rings is 1. The van der Waals surface area contributed by atoms with Crippen LogP contribution in [0.3, 0.4) is 0 Å². The highest BCUT2D eigenvalue weighted by atomic mass is 35.5. The first-order chi connectivity index (χ1) is 5.65. The fourth-order valence-electron chi connectivity index (χ4n) is 0.843. The van der Waals surface area contributed by atoms with E-state index in [2.05, 4.69) is 0 Å². The van der Waals surface area contributed by atoms with Crippen LogP contribution in [0, 0.1) is 6.92 Å². The van der Waals surface area contributed by atoms with Crippen LogP contribution in [0.15, 0.2) is 18.2 Å². The molecule has 0 spiro atoms. The van der Waals surface area contributed by atoms with E-state index in [-0.39, 0.29) is 11.7 Å². The van der Waals surface area contributed by atoms with Crippen molar-refractivity contribution in [2.45, 2.75) is 6.92 Å². The summed E-state index contributed by atoms with van der Waals surface area (Å²) < 4.78 is 0. The van der Waals surface area contributed by atoms with Crippen LogP contribution in [0.1, 0.15) is 15.9 Å². The Morgan fingerprint density at radius 2 is 2.17 bits per heavy atom. The summed E-state index contributed by atoms with van der Waals surface area (Å²) in [6.07, 6.45) is 0. The van der Waals surface area contributed by atoms with Crippen LogP contribution in [0.5, 0.6) is 0 Å². The van der Waals surface area contributed by atoms with Crippen LogP contribution in [-0.4, -0.2) is 11.7 Å². The lowest BCUT2D eigenvalue weighted by Crippen LogP contribution is -1.99. The first-order valence-corrected chi connectivity index (χ1v) is 4.41. The molecule has 0 saturated carbocycles. The molecule has 1 aromatic carbocycles. The van der Waals surface area contributed by atoms with Crippen molar-refractivity contribution in [2.75, 3.05) is 5.88 Å². The summed E-state index contributed by atoms with van der Waals surface area (Å²) in [6, 6.07) is 5.18. The summed E-state index contributed by atoms with van der Waals surface area (Å²) in [5.41, 5.74) is 1.53. The number of hydrogen-bond acceptors (Lipinski definition) is 1. The Kier molecular flexibility index (Phi) is 3.12. The van der Waals surface area contributed by atoms with E-state index in [0.717, 1.165) is 5.56 Å². The van der Waals surface area contributed by atoms with Gasteiger partial charge < -0.3 is 0 Å². The van der Waals surface area contributed by atoms with Gasteiger partial charge in [-0.05, 0) is 18.6 Å². The molecule has 0 aliphatic rings. The van der Waals surface area contributed by atoms with Gasteiger partial charge in [0.15, 0.2) is 5.78 Å². The van der Waals surface area contributed by atoms with Gasteiger partial charge in [0.2, 0.25) is 0 Å². The number of aryl methyl sites for hydroxylation is 1. The molecular formula is C9H8Cl2O. The third-order valence-electron chi connectivity index (χ3n) is 1.62. The van der Waals surface area contributed by atoms with E-state index in [9.17, 15) is 4.79 Å². The molecular weight excluding hydrogens is 195 g/mol. The monoisotopic (exact) mass is 202 g/mol. The smallest absolute Gasteiger partial charge is 0.177 e. The van der Waals surface area contributed by atoms with Crippen molar-refractivity contribution < 1.29 is 4.79 Å². The van der Waals surface area contributed by atoms with Gasteiger partial charge >= 0.3 is 0 Å². The molecule has 1 nitrogen and oxygen atoms in total. The van der Waals surface area contributed by atoms with Crippen LogP contribution >= 0.6 is 23.2 Å². The molecule has 0 heterocycles. The molecule has 0 radical (unpaired) electrons. The molecule has 0 bridgehead atoms. The van der Waals surface area contributed by atoms with Crippen molar-refractivity contribution >= 4 is 29.0 Å². The number of Topliss-reactive ketones (excluding diaryl/α,β-unsaturated/α-hetero) is 1. The van der Waals surface area contributed by atoms with E-state index < -0.39 is 0 Å². The second-order valence-corrected chi connectivity index (χ2v) is 3.20. The Balaban J connectivity index is 3.05. The lowest BCUT2D eigenvalue weighted by Gasteiger charge is -2.00. The highest BCUT2D eigenvalue weighted by Gasteiger charge is 2.04. The number of carbonyl (C=O) groups excluding carboxylic acids is 1. The van der Waals surface area contributed by atoms with Crippen LogP contribution in [0.25, 0.3) is 0 Å². The van der Waals surface area contributed by atoms with E-state index in [1.165, 1.54) is 0 Å². The topological polar surface area (TPSA) is 17.1 Å². The number of rotatable bonds is 2. The van der Waals surface area contributed by atoms with E-state index >= 15 is 0 Å². The third kappa shape index (κ3) is 1.99. The van der Waals surface area contributed by atoms with Gasteiger partial charge in [-0.2, -0.15) is 0 Å². The first kappa shape index (κ1) is 9.56. The maximum atomic E-state index is 11.1. The van der Waals surface area contributed by atoms with E-state index in [1.54, 1.807) is 12.1 Å². The second-order valence-electron chi connectivity index (χ2n) is 2.52. The SMILES string of the molecule is Cc1ccc(C(=O)CCl)cc1Cl. The fraction of sp³-hybridized carbons (Fsp3) is 0.222. The van der Waals surface area contributed by atoms with E-state index in [4.69, 9.17) is 23.2 Å². The highest BCUT2D eigenvalue weighted by Crippen LogP contribution is 2.17. The second kappa shape index (κ2) is 3.92. The summed E-state index contributed by atoms with van der Waals surface area (Å²) in [4.78, 5) is 11.1. The highest BCUT2D eigenvalue weighted by molar-refractivity contribution is 6.33. The lowest BCUT2D eigenvalue weighted by molar-refractivity contribution is 0.102. The minimum Gasteiger partial charge on any atom is -0.293 e. The van der Waals surface area contributed by atoms with Crippen molar-refractivity contribution in [3.63, 3.8) is 0 Å². The van der Waals surface area contributed by atoms with Gasteiger partial charge in [-0.1, -0.05) is 23.7 Å². The van der Waals surface area contributed by atoms with Gasteiger partial charge in [-0.3, -0.25) is 4.79 Å². The van der Waals surface area contributed by atoms with Crippen molar-refractivity contribution in [3.8, 4) is 0 Å². The normalized spacial score (nSPS) is 9.92. The molecule has 64 valence electrons. The summed E-state index contributed by atoms with van der Waals surface area (Å²) >= 11 is 11.2. The van der Waals surface area contributed by atoms with Crippen molar-refractivity contribution in [1.82, 2.24) is 0 Å². The van der Waals surface area contributed by atoms with E-state index in [1.807, 2.05) is 13.0 Å². The number of halogens is 2. The Bertz CT molecular complexity index is 307. The zero-order chi connectivity index (χ0) is 9.14. The molecule has 1 aromatic rings. The van der Waals surface area contributed by atoms with Gasteiger partial charge in [-0.25, -0.2) is 0 Å². The minimum atomic E-state index is -0.0985. The zero-order valence-electron chi connectivity index (χ0n) is 6.60. The van der Waals surface area contributed by atoms with Gasteiger partial charge in [-0.15, -0.1) is 11.6 Å². The average Bonchev–Trinajstić information content (AvgIpc) is 2.08. The summed E-state index contributed by atoms with van der Waals surface area (Å²) in [5.74, 6) is -0.0992. The summed E-state index contributed by atoms with van der Waals surface area (Å²) in [6.45, 7) is 1.89. The van der Waals surface area contributed by atoms with Crippen LogP contribution in [-0.2, 0) is 0 Å². The number of hydrogen-bond donors (Lipinski definition) is 0. The molecule has 0 unspecified atom stereocenters. The Morgan fingerprint density at radius 1 is 1.50 bits per heavy atom. The molecule has 0 amide bonds. The largest absolute Gasteiger partial charge is 0.293 e. The molecule has 3 heteroatoms. The Hall–Kier alpha value is -0.530. The lowest BCUT2D eigenvalue weighted by atomic mass is 10.1. The number of carbonyl (C=O) groups is 1. The van der Waals surface area contributed by atoms with Crippen LogP contribution in [0.2, 0.25) is 5.02 Å². The number of ketones is 1. The van der Waals surface area contributed by atoms with Crippen molar-refractivity contribution in [1.29, 1.82) is 0 Å². The average molecular weight is 203 g/mol. The Labute approximate surface area is 81.3 Å². The van der Waals surface area contributed by atoms with E-state index in [0.29, 0.717) is 10.6 Å². The maximum Gasteiger partial charge on any atom is 0.177 e. The van der Waals surface area contributed by atoms with Gasteiger partial charge in [0.1, 0.15) is 0 Å². The summed E-state index contributed by atoms with van der Waals surface area (Å²) in [7, 11) is 0. The first-order valence-electron chi connectivity index (χ1n) is 3.50. The molecule has 12 heavy (non-hydrogen) atoms. The third-order valence-corrected chi connectivity index (χ3v) is 2.27. The molecule has 0 atom stereocenters. The molecule has 1 rings (SSSR count). The Morgan fingerprint density at radius 3 is 2.67 bits per heavy atom. The van der Waals surface area contributed by atoms with Gasteiger partial charge in [0.25, 0.3) is 0 Å². The van der Waals surface area contributed by atoms with Crippen molar-refractivity contribution in [3.05, 3.63) is 34.3 Å². The maximum absolute atomic E-state index is 11.1. The van der Waals surface area contributed by atoms with Crippen LogP contribution < -0.4 is 0 Å². The zero-order valence-corrected chi connectivity index (χ0v) is 8.12. The summed E-state index contributed by atoms with van der Waals surface area (Å²) in [5, 5.41) is 0.603. The van der Waals surface area contributed by atoms with Gasteiger partial charge in [0.05, 0.1) is 5.88 Å². The van der Waals surface area contributed by atoms with Gasteiger partial charge in [0, 0.05) is 10.6 Å². The molecule has 0 aliphatic heterocycles. The predicted octanol–water partition coefficient (Wildman–Crippen LogP) is 3.07. The molecule has 0 aliphatic carbocycles. The fourth-order valence-corrected chi connectivity index (χ4v) is 1.18. The van der Waals surface area contributed by atoms with Crippen molar-refractivity contribution in [2.24, 2.45) is 0 Å². The predicted molar refractivity (Wildman–Crippen MR) is 51.2 cm³/mol. The quantitative estimate of drug-likeness (QED) is 0.533. The molecule has 0 saturated heterocycles. The minimum absolute atomic E-state index is 0.000605.